The van der Waals surface area contributed by atoms with E-state index in [1.54, 1.807) is 17.4 Å². The van der Waals surface area contributed by atoms with Crippen molar-refractivity contribution in [2.45, 2.75) is 6.61 Å². The van der Waals surface area contributed by atoms with Gasteiger partial charge in [-0.2, -0.15) is 11.3 Å². The zero-order valence-electron chi connectivity index (χ0n) is 7.40. The Morgan fingerprint density at radius 2 is 2.07 bits per heavy atom. The van der Waals surface area contributed by atoms with E-state index in [-0.39, 0.29) is 12.4 Å². The molecule has 0 saturated heterocycles. The number of halogens is 1. The van der Waals surface area contributed by atoms with Crippen molar-refractivity contribution in [2.24, 2.45) is 0 Å². The van der Waals surface area contributed by atoms with Crippen LogP contribution in [0.15, 0.2) is 35.0 Å². The van der Waals surface area contributed by atoms with Crippen LogP contribution in [0.1, 0.15) is 5.56 Å². The van der Waals surface area contributed by atoms with Crippen molar-refractivity contribution >= 4 is 11.3 Å². The van der Waals surface area contributed by atoms with E-state index in [0.717, 1.165) is 11.1 Å². The van der Waals surface area contributed by atoms with Crippen molar-refractivity contribution in [3.8, 4) is 11.1 Å². The van der Waals surface area contributed by atoms with Crippen LogP contribution in [0.25, 0.3) is 11.1 Å². The highest BCUT2D eigenvalue weighted by atomic mass is 32.1. The summed E-state index contributed by atoms with van der Waals surface area (Å²) in [5.74, 6) is -0.351. The Hall–Kier alpha value is -1.19. The monoisotopic (exact) mass is 208 g/mol. The number of benzene rings is 1. The van der Waals surface area contributed by atoms with Crippen LogP contribution in [0.3, 0.4) is 0 Å². The first-order chi connectivity index (χ1) is 6.81. The van der Waals surface area contributed by atoms with Crippen LogP contribution in [0, 0.1) is 5.82 Å². The van der Waals surface area contributed by atoms with Gasteiger partial charge >= 0.3 is 0 Å². The first-order valence-corrected chi connectivity index (χ1v) is 5.17. The van der Waals surface area contributed by atoms with Gasteiger partial charge in [-0.1, -0.05) is 12.1 Å². The van der Waals surface area contributed by atoms with Crippen molar-refractivity contribution in [3.05, 3.63) is 46.4 Å². The normalized spacial score (nSPS) is 10.4. The summed E-state index contributed by atoms with van der Waals surface area (Å²) in [5.41, 5.74) is 2.20. The number of aliphatic hydroxyl groups is 1. The van der Waals surface area contributed by atoms with Crippen LogP contribution in [0.4, 0.5) is 4.39 Å². The molecule has 1 heterocycles. The number of rotatable bonds is 2. The summed E-state index contributed by atoms with van der Waals surface area (Å²) < 4.78 is 13.3. The Labute approximate surface area is 85.5 Å². The zero-order chi connectivity index (χ0) is 9.97. The topological polar surface area (TPSA) is 20.2 Å². The highest BCUT2D eigenvalue weighted by Crippen LogP contribution is 2.23. The lowest BCUT2D eigenvalue weighted by molar-refractivity contribution is 0.276. The third-order valence-electron chi connectivity index (χ3n) is 2.08. The number of hydrogen-bond donors (Lipinski definition) is 1. The maximum atomic E-state index is 13.3. The lowest BCUT2D eigenvalue weighted by Crippen LogP contribution is -1.89. The summed E-state index contributed by atoms with van der Waals surface area (Å²) in [6.45, 7) is -0.254. The van der Waals surface area contributed by atoms with Gasteiger partial charge in [0, 0.05) is 5.56 Å². The Bertz CT molecular complexity index is 423. The van der Waals surface area contributed by atoms with Crippen LogP contribution in [0.5, 0.6) is 0 Å². The Kier molecular flexibility index (Phi) is 2.61. The quantitative estimate of drug-likeness (QED) is 0.804. The van der Waals surface area contributed by atoms with E-state index in [0.29, 0.717) is 5.56 Å². The molecule has 0 fully saturated rings. The molecule has 0 saturated carbocycles. The van der Waals surface area contributed by atoms with E-state index < -0.39 is 0 Å². The van der Waals surface area contributed by atoms with Gasteiger partial charge in [-0.3, -0.25) is 0 Å². The molecule has 0 aliphatic rings. The average Bonchev–Trinajstić information content (AvgIpc) is 2.70. The second kappa shape index (κ2) is 3.90. The lowest BCUT2D eigenvalue weighted by Gasteiger charge is -2.01. The molecule has 0 spiro atoms. The van der Waals surface area contributed by atoms with Crippen LogP contribution in [0.2, 0.25) is 0 Å². The predicted molar refractivity (Wildman–Crippen MR) is 55.6 cm³/mol. The fourth-order valence-electron chi connectivity index (χ4n) is 1.28. The number of thiophene rings is 1. The van der Waals surface area contributed by atoms with Gasteiger partial charge < -0.3 is 5.11 Å². The van der Waals surface area contributed by atoms with Gasteiger partial charge in [0.15, 0.2) is 0 Å². The van der Waals surface area contributed by atoms with Gasteiger partial charge in [0.2, 0.25) is 0 Å². The van der Waals surface area contributed by atoms with Crippen molar-refractivity contribution in [2.75, 3.05) is 0 Å². The molecule has 0 radical (unpaired) electrons. The largest absolute Gasteiger partial charge is 0.392 e. The maximum absolute atomic E-state index is 13.3. The second-order valence-corrected chi connectivity index (χ2v) is 3.76. The number of aliphatic hydroxyl groups excluding tert-OH is 1. The van der Waals surface area contributed by atoms with Gasteiger partial charge in [0.25, 0.3) is 0 Å². The van der Waals surface area contributed by atoms with Gasteiger partial charge in [0.05, 0.1) is 6.61 Å². The highest BCUT2D eigenvalue weighted by molar-refractivity contribution is 7.08. The minimum absolute atomic E-state index is 0.254. The first kappa shape index (κ1) is 9.37. The SMILES string of the molecule is OCc1ccc(-c2ccsc2)cc1F. The summed E-state index contributed by atoms with van der Waals surface area (Å²) in [5, 5.41) is 12.7. The summed E-state index contributed by atoms with van der Waals surface area (Å²) in [6, 6.07) is 6.82. The summed E-state index contributed by atoms with van der Waals surface area (Å²) in [4.78, 5) is 0. The molecule has 0 atom stereocenters. The summed E-state index contributed by atoms with van der Waals surface area (Å²) >= 11 is 1.58. The minimum atomic E-state index is -0.351. The van der Waals surface area contributed by atoms with E-state index in [1.165, 1.54) is 6.07 Å². The third kappa shape index (κ3) is 1.69. The highest BCUT2D eigenvalue weighted by Gasteiger charge is 2.03. The molecule has 14 heavy (non-hydrogen) atoms. The average molecular weight is 208 g/mol. The fraction of sp³-hybridized carbons (Fsp3) is 0.0909. The minimum Gasteiger partial charge on any atom is -0.392 e. The van der Waals surface area contributed by atoms with Crippen LogP contribution in [-0.4, -0.2) is 5.11 Å². The number of hydrogen-bond acceptors (Lipinski definition) is 2. The molecule has 1 aromatic heterocycles. The van der Waals surface area contributed by atoms with Crippen molar-refractivity contribution < 1.29 is 9.50 Å². The van der Waals surface area contributed by atoms with Crippen molar-refractivity contribution in [1.82, 2.24) is 0 Å². The molecule has 72 valence electrons. The zero-order valence-corrected chi connectivity index (χ0v) is 8.22. The lowest BCUT2D eigenvalue weighted by atomic mass is 10.1. The van der Waals surface area contributed by atoms with Gasteiger partial charge in [-0.05, 0) is 34.0 Å². The molecule has 1 N–H and O–H groups in total. The van der Waals surface area contributed by atoms with Crippen molar-refractivity contribution in [1.29, 1.82) is 0 Å². The van der Waals surface area contributed by atoms with E-state index in [4.69, 9.17) is 5.11 Å². The van der Waals surface area contributed by atoms with Gasteiger partial charge in [-0.25, -0.2) is 4.39 Å². The maximum Gasteiger partial charge on any atom is 0.129 e. The Morgan fingerprint density at radius 3 is 2.64 bits per heavy atom. The smallest absolute Gasteiger partial charge is 0.129 e. The Morgan fingerprint density at radius 1 is 1.21 bits per heavy atom. The van der Waals surface area contributed by atoms with E-state index in [2.05, 4.69) is 0 Å². The van der Waals surface area contributed by atoms with Crippen LogP contribution >= 0.6 is 11.3 Å². The van der Waals surface area contributed by atoms with Gasteiger partial charge in [0.1, 0.15) is 5.82 Å². The predicted octanol–water partition coefficient (Wildman–Crippen LogP) is 3.05. The summed E-state index contributed by atoms with van der Waals surface area (Å²) in [6.07, 6.45) is 0. The molecule has 0 bridgehead atoms. The molecule has 1 nitrogen and oxygen atoms in total. The van der Waals surface area contributed by atoms with E-state index in [9.17, 15) is 4.39 Å². The third-order valence-corrected chi connectivity index (χ3v) is 2.76. The molecule has 0 amide bonds. The molecule has 1 aromatic carbocycles. The molecule has 3 heteroatoms. The van der Waals surface area contributed by atoms with E-state index in [1.807, 2.05) is 22.9 Å². The molecule has 2 rings (SSSR count). The first-order valence-electron chi connectivity index (χ1n) is 4.23. The fourth-order valence-corrected chi connectivity index (χ4v) is 1.95. The molecular formula is C11H9FOS. The molecular weight excluding hydrogens is 199 g/mol. The molecule has 0 aliphatic carbocycles. The van der Waals surface area contributed by atoms with Crippen LogP contribution < -0.4 is 0 Å². The van der Waals surface area contributed by atoms with Gasteiger partial charge in [-0.15, -0.1) is 0 Å². The molecule has 2 aromatic rings. The summed E-state index contributed by atoms with van der Waals surface area (Å²) in [7, 11) is 0. The van der Waals surface area contributed by atoms with E-state index >= 15 is 0 Å². The standard InChI is InChI=1S/C11H9FOS/c12-11-5-8(1-2-9(11)6-13)10-3-4-14-7-10/h1-5,7,13H,6H2. The molecule has 0 unspecified atom stereocenters. The second-order valence-electron chi connectivity index (χ2n) is 2.98. The van der Waals surface area contributed by atoms with Crippen molar-refractivity contribution in [3.63, 3.8) is 0 Å². The Balaban J connectivity index is 2.43. The molecule has 0 aliphatic heterocycles. The van der Waals surface area contributed by atoms with Crippen LogP contribution in [-0.2, 0) is 6.61 Å².